The normalized spacial score (nSPS) is 11.5. The molecular weight excluding hydrogens is 204 g/mol. The first-order valence-electron chi connectivity index (χ1n) is 5.42. The Morgan fingerprint density at radius 3 is 2.81 bits per heavy atom. The molecule has 88 valence electrons. The van der Waals surface area contributed by atoms with Gasteiger partial charge in [0, 0.05) is 13.1 Å². The smallest absolute Gasteiger partial charge is 0.188 e. The fraction of sp³-hybridized carbons (Fsp3) is 0.455. The highest BCUT2D eigenvalue weighted by molar-refractivity contribution is 5.95. The number of aromatic nitrogens is 1. The largest absolute Gasteiger partial charge is 0.409 e. The van der Waals surface area contributed by atoms with Crippen LogP contribution in [-0.2, 0) is 0 Å². The van der Waals surface area contributed by atoms with E-state index >= 15 is 0 Å². The molecule has 0 amide bonds. The lowest BCUT2D eigenvalue weighted by Gasteiger charge is -2.21. The number of hydrogen-bond acceptors (Lipinski definition) is 4. The Labute approximate surface area is 95.6 Å². The first kappa shape index (κ1) is 12.3. The molecule has 1 aromatic heterocycles. The molecule has 16 heavy (non-hydrogen) atoms. The number of nitrogens with zero attached hydrogens (tertiary/aromatic N) is 3. The van der Waals surface area contributed by atoms with Crippen molar-refractivity contribution < 1.29 is 5.21 Å². The van der Waals surface area contributed by atoms with Gasteiger partial charge in [0.15, 0.2) is 5.84 Å². The Morgan fingerprint density at radius 1 is 1.50 bits per heavy atom. The second kappa shape index (κ2) is 5.95. The van der Waals surface area contributed by atoms with Gasteiger partial charge >= 0.3 is 0 Å². The van der Waals surface area contributed by atoms with Gasteiger partial charge in [0.1, 0.15) is 11.5 Å². The second-order valence-corrected chi connectivity index (χ2v) is 3.45. The highest BCUT2D eigenvalue weighted by atomic mass is 16.4. The van der Waals surface area contributed by atoms with Crippen molar-refractivity contribution in [1.82, 2.24) is 4.98 Å². The van der Waals surface area contributed by atoms with Crippen molar-refractivity contribution in [3.8, 4) is 0 Å². The fourth-order valence-corrected chi connectivity index (χ4v) is 1.50. The van der Waals surface area contributed by atoms with Crippen LogP contribution in [0.25, 0.3) is 0 Å². The fourth-order valence-electron chi connectivity index (χ4n) is 1.50. The van der Waals surface area contributed by atoms with Gasteiger partial charge in [-0.1, -0.05) is 18.1 Å². The number of hydrogen-bond donors (Lipinski definition) is 2. The molecule has 0 aliphatic rings. The van der Waals surface area contributed by atoms with Crippen molar-refractivity contribution in [3.05, 3.63) is 23.9 Å². The van der Waals surface area contributed by atoms with Gasteiger partial charge in [-0.25, -0.2) is 4.98 Å². The van der Waals surface area contributed by atoms with Crippen LogP contribution in [0.3, 0.4) is 0 Å². The maximum Gasteiger partial charge on any atom is 0.188 e. The number of rotatable bonds is 5. The van der Waals surface area contributed by atoms with E-state index in [1.165, 1.54) is 0 Å². The van der Waals surface area contributed by atoms with Crippen molar-refractivity contribution in [2.75, 3.05) is 18.0 Å². The maximum atomic E-state index is 8.59. The summed E-state index contributed by atoms with van der Waals surface area (Å²) in [6.45, 7) is 6.03. The summed E-state index contributed by atoms with van der Waals surface area (Å²) in [6.07, 6.45) is 1.06. The van der Waals surface area contributed by atoms with Crippen molar-refractivity contribution in [2.45, 2.75) is 20.3 Å². The predicted molar refractivity (Wildman–Crippen MR) is 64.9 cm³/mol. The molecule has 5 heteroatoms. The topological polar surface area (TPSA) is 74.7 Å². The van der Waals surface area contributed by atoms with Crippen LogP contribution in [0, 0.1) is 0 Å². The van der Waals surface area contributed by atoms with E-state index in [1.807, 2.05) is 12.1 Å². The standard InChI is InChI=1S/C11H18N4O/c1-3-8-15(4-2)10-7-5-6-9(13-10)11(12)14-16/h5-7,16H,3-4,8H2,1-2H3,(H2,12,14). The van der Waals surface area contributed by atoms with Gasteiger partial charge in [0.2, 0.25) is 0 Å². The van der Waals surface area contributed by atoms with E-state index in [4.69, 9.17) is 10.9 Å². The van der Waals surface area contributed by atoms with Crippen LogP contribution in [0.5, 0.6) is 0 Å². The average molecular weight is 222 g/mol. The van der Waals surface area contributed by atoms with E-state index in [-0.39, 0.29) is 5.84 Å². The Balaban J connectivity index is 2.96. The van der Waals surface area contributed by atoms with E-state index in [9.17, 15) is 0 Å². The first-order valence-corrected chi connectivity index (χ1v) is 5.42. The summed E-state index contributed by atoms with van der Waals surface area (Å²) < 4.78 is 0. The van der Waals surface area contributed by atoms with Crippen molar-refractivity contribution in [2.24, 2.45) is 10.9 Å². The average Bonchev–Trinajstić information content (AvgIpc) is 2.35. The van der Waals surface area contributed by atoms with Crippen molar-refractivity contribution >= 4 is 11.7 Å². The van der Waals surface area contributed by atoms with Gasteiger partial charge in [-0.05, 0) is 25.5 Å². The molecule has 0 bridgehead atoms. The SMILES string of the molecule is CCCN(CC)c1cccc(C(N)=NO)n1. The zero-order valence-corrected chi connectivity index (χ0v) is 9.72. The van der Waals surface area contributed by atoms with Crippen LogP contribution in [0.2, 0.25) is 0 Å². The molecule has 1 heterocycles. The minimum atomic E-state index is 0.0365. The van der Waals surface area contributed by atoms with Crippen molar-refractivity contribution in [3.63, 3.8) is 0 Å². The monoisotopic (exact) mass is 222 g/mol. The molecular formula is C11H18N4O. The van der Waals surface area contributed by atoms with E-state index in [0.29, 0.717) is 5.69 Å². The summed E-state index contributed by atoms with van der Waals surface area (Å²) >= 11 is 0. The third kappa shape index (κ3) is 2.85. The first-order chi connectivity index (χ1) is 7.72. The van der Waals surface area contributed by atoms with Crippen LogP contribution in [-0.4, -0.2) is 29.1 Å². The molecule has 3 N–H and O–H groups in total. The van der Waals surface area contributed by atoms with E-state index in [0.717, 1.165) is 25.3 Å². The highest BCUT2D eigenvalue weighted by Gasteiger charge is 2.07. The van der Waals surface area contributed by atoms with E-state index in [1.54, 1.807) is 6.07 Å². The van der Waals surface area contributed by atoms with Crippen LogP contribution < -0.4 is 10.6 Å². The molecule has 0 spiro atoms. The molecule has 0 fully saturated rings. The molecule has 0 aliphatic carbocycles. The molecule has 0 atom stereocenters. The molecule has 0 radical (unpaired) electrons. The zero-order chi connectivity index (χ0) is 12.0. The number of nitrogens with two attached hydrogens (primary N) is 1. The molecule has 1 rings (SSSR count). The maximum absolute atomic E-state index is 8.59. The van der Waals surface area contributed by atoms with Gasteiger partial charge in [0.05, 0.1) is 0 Å². The van der Waals surface area contributed by atoms with Crippen LogP contribution in [0.1, 0.15) is 26.0 Å². The summed E-state index contributed by atoms with van der Waals surface area (Å²) in [5.41, 5.74) is 5.99. The van der Waals surface area contributed by atoms with E-state index < -0.39 is 0 Å². The predicted octanol–water partition coefficient (Wildman–Crippen LogP) is 1.41. The summed E-state index contributed by atoms with van der Waals surface area (Å²) in [4.78, 5) is 6.49. The van der Waals surface area contributed by atoms with Gasteiger partial charge < -0.3 is 15.8 Å². The quantitative estimate of drug-likeness (QED) is 0.342. The molecule has 0 aliphatic heterocycles. The summed E-state index contributed by atoms with van der Waals surface area (Å²) in [5, 5.41) is 11.5. The molecule has 0 saturated carbocycles. The van der Waals surface area contributed by atoms with Gasteiger partial charge in [-0.2, -0.15) is 0 Å². The molecule has 0 saturated heterocycles. The van der Waals surface area contributed by atoms with Crippen LogP contribution >= 0.6 is 0 Å². The van der Waals surface area contributed by atoms with Gasteiger partial charge in [-0.3, -0.25) is 0 Å². The van der Waals surface area contributed by atoms with Gasteiger partial charge in [0.25, 0.3) is 0 Å². The Morgan fingerprint density at radius 2 is 2.25 bits per heavy atom. The summed E-state index contributed by atoms with van der Waals surface area (Å²) in [5.74, 6) is 0.892. The number of pyridine rings is 1. The third-order valence-corrected chi connectivity index (χ3v) is 2.30. The minimum Gasteiger partial charge on any atom is -0.409 e. The lowest BCUT2D eigenvalue weighted by atomic mass is 10.3. The molecule has 0 aromatic carbocycles. The Bertz CT molecular complexity index is 365. The summed E-state index contributed by atoms with van der Waals surface area (Å²) in [7, 11) is 0. The number of oxime groups is 1. The van der Waals surface area contributed by atoms with Crippen LogP contribution in [0.15, 0.2) is 23.4 Å². The lowest BCUT2D eigenvalue weighted by molar-refractivity contribution is 0.318. The molecule has 1 aromatic rings. The third-order valence-electron chi connectivity index (χ3n) is 2.30. The number of amidine groups is 1. The molecule has 5 nitrogen and oxygen atoms in total. The highest BCUT2D eigenvalue weighted by Crippen LogP contribution is 2.11. The zero-order valence-electron chi connectivity index (χ0n) is 9.72. The minimum absolute atomic E-state index is 0.0365. The lowest BCUT2D eigenvalue weighted by Crippen LogP contribution is -2.25. The van der Waals surface area contributed by atoms with Gasteiger partial charge in [-0.15, -0.1) is 0 Å². The second-order valence-electron chi connectivity index (χ2n) is 3.45. The Hall–Kier alpha value is -1.78. The van der Waals surface area contributed by atoms with Crippen LogP contribution in [0.4, 0.5) is 5.82 Å². The van der Waals surface area contributed by atoms with Crippen molar-refractivity contribution in [1.29, 1.82) is 0 Å². The van der Waals surface area contributed by atoms with E-state index in [2.05, 4.69) is 28.9 Å². The number of anilines is 1. The molecule has 0 unspecified atom stereocenters. The Kier molecular flexibility index (Phi) is 4.57. The summed E-state index contributed by atoms with van der Waals surface area (Å²) in [6, 6.07) is 5.50.